The van der Waals surface area contributed by atoms with Crippen molar-refractivity contribution in [3.05, 3.63) is 40.7 Å². The van der Waals surface area contributed by atoms with Gasteiger partial charge >= 0.3 is 0 Å². The number of rotatable bonds is 6. The molecule has 0 amide bonds. The summed E-state index contributed by atoms with van der Waals surface area (Å²) in [5, 5.41) is 16.3. The molecule has 0 aliphatic carbocycles. The number of hydrogen-bond donors (Lipinski definition) is 1. The van der Waals surface area contributed by atoms with Crippen molar-refractivity contribution >= 4 is 22.1 Å². The van der Waals surface area contributed by atoms with E-state index >= 15 is 0 Å². The zero-order valence-corrected chi connectivity index (χ0v) is 15.7. The van der Waals surface area contributed by atoms with Crippen LogP contribution >= 0.6 is 0 Å². The van der Waals surface area contributed by atoms with Crippen LogP contribution in [0.4, 0.5) is 11.4 Å². The van der Waals surface area contributed by atoms with Gasteiger partial charge in [-0.05, 0) is 39.4 Å². The summed E-state index contributed by atoms with van der Waals surface area (Å²) in [7, 11) is 2.16. The number of non-ortho nitro benzene ring substituents is 1. The number of anilines is 1. The molecule has 0 saturated carbocycles. The molecule has 0 unspecified atom stereocenters. The molecule has 1 N–H and O–H groups in total. The average molecular weight is 357 g/mol. The van der Waals surface area contributed by atoms with E-state index in [1.165, 1.54) is 0 Å². The molecule has 0 bridgehead atoms. The highest BCUT2D eigenvalue weighted by molar-refractivity contribution is 5.99. The lowest BCUT2D eigenvalue weighted by Crippen LogP contribution is -2.46. The van der Waals surface area contributed by atoms with Crippen LogP contribution in [0.5, 0.6) is 0 Å². The van der Waals surface area contributed by atoms with Crippen LogP contribution in [-0.4, -0.2) is 65.0 Å². The van der Waals surface area contributed by atoms with Crippen molar-refractivity contribution in [3.63, 3.8) is 0 Å². The topological polar surface area (TPSA) is 74.5 Å². The van der Waals surface area contributed by atoms with Crippen LogP contribution in [0.15, 0.2) is 30.6 Å². The van der Waals surface area contributed by atoms with E-state index in [4.69, 9.17) is 0 Å². The highest BCUT2D eigenvalue weighted by Gasteiger charge is 2.23. The van der Waals surface area contributed by atoms with E-state index in [0.717, 1.165) is 50.2 Å². The van der Waals surface area contributed by atoms with Crippen molar-refractivity contribution in [1.82, 2.24) is 14.8 Å². The molecule has 0 atom stereocenters. The predicted molar refractivity (Wildman–Crippen MR) is 105 cm³/mol. The van der Waals surface area contributed by atoms with Crippen molar-refractivity contribution in [2.75, 3.05) is 45.1 Å². The Kier molecular flexibility index (Phi) is 5.38. The summed E-state index contributed by atoms with van der Waals surface area (Å²) in [4.78, 5) is 19.8. The molecular formula is C19H27N5O2. The second-order valence-corrected chi connectivity index (χ2v) is 7.71. The maximum Gasteiger partial charge on any atom is 0.278 e. The summed E-state index contributed by atoms with van der Waals surface area (Å²) >= 11 is 0. The zero-order valence-electron chi connectivity index (χ0n) is 15.7. The molecular weight excluding hydrogens is 330 g/mol. The summed E-state index contributed by atoms with van der Waals surface area (Å²) in [5.41, 5.74) is 0.889. The van der Waals surface area contributed by atoms with Gasteiger partial charge in [-0.1, -0.05) is 0 Å². The lowest BCUT2D eigenvalue weighted by molar-refractivity contribution is -0.383. The smallest absolute Gasteiger partial charge is 0.278 e. The predicted octanol–water partition coefficient (Wildman–Crippen LogP) is 2.97. The van der Waals surface area contributed by atoms with Gasteiger partial charge in [-0.3, -0.25) is 15.1 Å². The monoisotopic (exact) mass is 357 g/mol. The highest BCUT2D eigenvalue weighted by Crippen LogP contribution is 2.32. The van der Waals surface area contributed by atoms with E-state index in [0.29, 0.717) is 5.39 Å². The first kappa shape index (κ1) is 18.5. The van der Waals surface area contributed by atoms with E-state index in [9.17, 15) is 10.1 Å². The van der Waals surface area contributed by atoms with Crippen LogP contribution in [0.1, 0.15) is 20.3 Å². The molecule has 1 saturated heterocycles. The molecule has 1 aromatic heterocycles. The van der Waals surface area contributed by atoms with E-state index in [-0.39, 0.29) is 16.1 Å². The third-order valence-electron chi connectivity index (χ3n) is 5.11. The molecule has 1 aliphatic heterocycles. The first-order chi connectivity index (χ1) is 12.4. The Balaban J connectivity index is 1.73. The van der Waals surface area contributed by atoms with Gasteiger partial charge < -0.3 is 15.1 Å². The molecule has 140 valence electrons. The number of piperazine rings is 1. The lowest BCUT2D eigenvalue weighted by Gasteiger charge is -2.35. The van der Waals surface area contributed by atoms with Gasteiger partial charge in [0, 0.05) is 67.8 Å². The second kappa shape index (κ2) is 7.55. The first-order valence-electron chi connectivity index (χ1n) is 9.06. The van der Waals surface area contributed by atoms with Gasteiger partial charge in [0.15, 0.2) is 0 Å². The number of pyridine rings is 1. The first-order valence-corrected chi connectivity index (χ1v) is 9.06. The largest absolute Gasteiger partial charge is 0.380 e. The minimum atomic E-state index is -0.355. The second-order valence-electron chi connectivity index (χ2n) is 7.71. The minimum absolute atomic E-state index is 0.0916. The summed E-state index contributed by atoms with van der Waals surface area (Å²) in [5.74, 6) is 0. The van der Waals surface area contributed by atoms with Crippen LogP contribution in [0.3, 0.4) is 0 Å². The Hall–Kier alpha value is -2.25. The molecule has 2 heterocycles. The molecule has 26 heavy (non-hydrogen) atoms. The molecule has 0 radical (unpaired) electrons. The number of nitro benzene ring substituents is 1. The van der Waals surface area contributed by atoms with Crippen molar-refractivity contribution in [2.24, 2.45) is 0 Å². The minimum Gasteiger partial charge on any atom is -0.380 e. The maximum absolute atomic E-state index is 11.3. The van der Waals surface area contributed by atoms with E-state index in [1.54, 1.807) is 24.5 Å². The van der Waals surface area contributed by atoms with Gasteiger partial charge in [0.25, 0.3) is 5.69 Å². The average Bonchev–Trinajstić information content (AvgIpc) is 2.61. The lowest BCUT2D eigenvalue weighted by atomic mass is 9.98. The van der Waals surface area contributed by atoms with Crippen LogP contribution in [-0.2, 0) is 0 Å². The number of likely N-dealkylation sites (N-methyl/N-ethyl adjacent to an activating group) is 1. The van der Waals surface area contributed by atoms with Gasteiger partial charge in [0.2, 0.25) is 0 Å². The molecule has 2 aromatic rings. The molecule has 7 nitrogen and oxygen atoms in total. The summed E-state index contributed by atoms with van der Waals surface area (Å²) in [6.07, 6.45) is 4.24. The third-order valence-corrected chi connectivity index (χ3v) is 5.11. The van der Waals surface area contributed by atoms with E-state index < -0.39 is 0 Å². The Morgan fingerprint density at radius 2 is 1.92 bits per heavy atom. The van der Waals surface area contributed by atoms with Gasteiger partial charge in [-0.15, -0.1) is 0 Å². The van der Waals surface area contributed by atoms with Crippen molar-refractivity contribution in [1.29, 1.82) is 0 Å². The number of aromatic nitrogens is 1. The van der Waals surface area contributed by atoms with Gasteiger partial charge in [0.05, 0.1) is 10.3 Å². The molecule has 3 rings (SSSR count). The van der Waals surface area contributed by atoms with Crippen LogP contribution in [0, 0.1) is 10.1 Å². The molecule has 1 fully saturated rings. The summed E-state index contributed by atoms with van der Waals surface area (Å²) in [6, 6.07) is 5.20. The fourth-order valence-electron chi connectivity index (χ4n) is 3.38. The van der Waals surface area contributed by atoms with Crippen molar-refractivity contribution in [2.45, 2.75) is 25.8 Å². The summed E-state index contributed by atoms with van der Waals surface area (Å²) < 4.78 is 0. The van der Waals surface area contributed by atoms with Crippen LogP contribution in [0.25, 0.3) is 10.8 Å². The van der Waals surface area contributed by atoms with E-state index in [1.807, 2.05) is 6.07 Å². The van der Waals surface area contributed by atoms with Crippen LogP contribution in [0.2, 0.25) is 0 Å². The number of nitro groups is 1. The molecule has 1 aliphatic rings. The van der Waals surface area contributed by atoms with Gasteiger partial charge in [-0.2, -0.15) is 0 Å². The fraction of sp³-hybridized carbons (Fsp3) is 0.526. The highest BCUT2D eigenvalue weighted by atomic mass is 16.6. The number of fused-ring (bicyclic) bond motifs is 1. The van der Waals surface area contributed by atoms with Crippen LogP contribution < -0.4 is 5.32 Å². The quantitative estimate of drug-likeness (QED) is 0.633. The normalized spacial score (nSPS) is 16.7. The number of nitrogens with one attached hydrogen (secondary N) is 1. The number of benzene rings is 1. The molecule has 1 aromatic carbocycles. The van der Waals surface area contributed by atoms with Gasteiger partial charge in [0.1, 0.15) is 0 Å². The number of hydrogen-bond acceptors (Lipinski definition) is 6. The SMILES string of the molecule is CN1CCN(CCC(C)(C)Nc2ccc([N+](=O)[O-])c3cnccc23)CC1. The maximum atomic E-state index is 11.3. The Labute approximate surface area is 154 Å². The molecule has 0 spiro atoms. The summed E-state index contributed by atoms with van der Waals surface area (Å²) in [6.45, 7) is 9.86. The van der Waals surface area contributed by atoms with Gasteiger partial charge in [-0.25, -0.2) is 0 Å². The zero-order chi connectivity index (χ0) is 18.7. The van der Waals surface area contributed by atoms with E-state index in [2.05, 4.69) is 41.0 Å². The van der Waals surface area contributed by atoms with Crippen molar-refractivity contribution in [3.8, 4) is 0 Å². The van der Waals surface area contributed by atoms with Crippen molar-refractivity contribution < 1.29 is 4.92 Å². The Bertz CT molecular complexity index is 785. The Morgan fingerprint density at radius 3 is 2.62 bits per heavy atom. The molecule has 7 heteroatoms. The number of nitrogens with zero attached hydrogens (tertiary/aromatic N) is 4. The fourth-order valence-corrected chi connectivity index (χ4v) is 3.38. The standard InChI is InChI=1S/C19H27N5O2/c1-19(2,7-9-23-12-10-22(3)11-13-23)21-17-4-5-18(24(25)26)16-14-20-8-6-15(16)17/h4-6,8,14,21H,7,9-13H2,1-3H3. The Morgan fingerprint density at radius 1 is 1.19 bits per heavy atom. The third kappa shape index (κ3) is 4.28.